The first-order chi connectivity index (χ1) is 7.90. The molecule has 1 saturated carbocycles. The molecule has 1 aromatic heterocycles. The molecule has 0 saturated heterocycles. The maximum atomic E-state index is 5.56. The Morgan fingerprint density at radius 3 is 2.94 bits per heavy atom. The summed E-state index contributed by atoms with van der Waals surface area (Å²) < 4.78 is 5.56. The number of rotatable bonds is 4. The molecule has 0 aliphatic heterocycles. The van der Waals surface area contributed by atoms with Gasteiger partial charge in [0.15, 0.2) is 0 Å². The fraction of sp³-hybridized carbons (Fsp3) is 0.750. The lowest BCUT2D eigenvalue weighted by Crippen LogP contribution is -2.40. The molecule has 0 aromatic carbocycles. The van der Waals surface area contributed by atoms with Gasteiger partial charge in [0.05, 0.1) is 12.6 Å². The van der Waals surface area contributed by atoms with Crippen LogP contribution >= 0.6 is 12.4 Å². The van der Waals surface area contributed by atoms with Crippen molar-refractivity contribution >= 4 is 12.4 Å². The van der Waals surface area contributed by atoms with E-state index < -0.39 is 0 Å². The van der Waals surface area contributed by atoms with Crippen molar-refractivity contribution in [1.82, 2.24) is 15.3 Å². The fourth-order valence-electron chi connectivity index (χ4n) is 2.41. The van der Waals surface area contributed by atoms with E-state index in [9.17, 15) is 0 Å². The van der Waals surface area contributed by atoms with Gasteiger partial charge in [-0.25, -0.2) is 4.98 Å². The average molecular weight is 260 g/mol. The second-order valence-corrected chi connectivity index (χ2v) is 4.44. The number of nitrogens with one attached hydrogen (secondary N) is 2. The fourth-order valence-corrected chi connectivity index (χ4v) is 2.41. The molecule has 1 aromatic rings. The van der Waals surface area contributed by atoms with Crippen LogP contribution in [0.3, 0.4) is 0 Å². The van der Waals surface area contributed by atoms with E-state index in [4.69, 9.17) is 4.74 Å². The van der Waals surface area contributed by atoms with Crippen LogP contribution in [-0.2, 0) is 11.3 Å². The third-order valence-corrected chi connectivity index (χ3v) is 3.34. The van der Waals surface area contributed by atoms with Crippen LogP contribution in [0.4, 0.5) is 0 Å². The van der Waals surface area contributed by atoms with E-state index in [2.05, 4.69) is 15.3 Å². The van der Waals surface area contributed by atoms with Crippen molar-refractivity contribution in [2.75, 3.05) is 7.11 Å². The van der Waals surface area contributed by atoms with Crippen molar-refractivity contribution in [2.45, 2.75) is 50.8 Å². The number of hydrogen-bond acceptors (Lipinski definition) is 3. The molecule has 5 heteroatoms. The third kappa shape index (κ3) is 4.30. The number of methoxy groups -OCH3 is 1. The lowest BCUT2D eigenvalue weighted by atomic mass is 10.1. The Morgan fingerprint density at radius 2 is 2.24 bits per heavy atom. The summed E-state index contributed by atoms with van der Waals surface area (Å²) in [7, 11) is 1.82. The van der Waals surface area contributed by atoms with Gasteiger partial charge in [-0.05, 0) is 12.8 Å². The van der Waals surface area contributed by atoms with Crippen LogP contribution in [0.5, 0.6) is 0 Å². The monoisotopic (exact) mass is 259 g/mol. The van der Waals surface area contributed by atoms with E-state index in [0.717, 1.165) is 12.4 Å². The van der Waals surface area contributed by atoms with Crippen LogP contribution in [0.25, 0.3) is 0 Å². The first-order valence-electron chi connectivity index (χ1n) is 6.14. The zero-order valence-electron chi connectivity index (χ0n) is 10.3. The molecule has 0 bridgehead atoms. The van der Waals surface area contributed by atoms with Gasteiger partial charge in [-0.1, -0.05) is 19.3 Å². The van der Waals surface area contributed by atoms with Crippen LogP contribution in [0, 0.1) is 0 Å². The minimum absolute atomic E-state index is 0. The van der Waals surface area contributed by atoms with E-state index in [1.807, 2.05) is 13.3 Å². The molecule has 1 aliphatic carbocycles. The summed E-state index contributed by atoms with van der Waals surface area (Å²) in [4.78, 5) is 7.33. The first-order valence-corrected chi connectivity index (χ1v) is 6.14. The molecule has 17 heavy (non-hydrogen) atoms. The lowest BCUT2D eigenvalue weighted by molar-refractivity contribution is 0.0624. The topological polar surface area (TPSA) is 49.9 Å². The van der Waals surface area contributed by atoms with Crippen molar-refractivity contribution in [2.24, 2.45) is 0 Å². The smallest absolute Gasteiger partial charge is 0.120 e. The summed E-state index contributed by atoms with van der Waals surface area (Å²) in [5.74, 6) is 0.999. The molecule has 2 unspecified atom stereocenters. The molecule has 2 rings (SSSR count). The number of halogens is 1. The Hall–Kier alpha value is -0.580. The van der Waals surface area contributed by atoms with E-state index in [1.54, 1.807) is 6.20 Å². The van der Waals surface area contributed by atoms with Gasteiger partial charge in [-0.15, -0.1) is 12.4 Å². The first kappa shape index (κ1) is 14.5. The highest BCUT2D eigenvalue weighted by molar-refractivity contribution is 5.85. The molecule has 2 N–H and O–H groups in total. The van der Waals surface area contributed by atoms with E-state index >= 15 is 0 Å². The quantitative estimate of drug-likeness (QED) is 0.816. The number of aromatic amines is 1. The summed E-state index contributed by atoms with van der Waals surface area (Å²) in [6.07, 6.45) is 10.3. The van der Waals surface area contributed by atoms with Crippen LogP contribution in [0.2, 0.25) is 0 Å². The predicted molar refractivity (Wildman–Crippen MR) is 70.3 cm³/mol. The SMILES string of the molecule is COC1CCCCCC1NCc1ncc[nH]1.Cl. The van der Waals surface area contributed by atoms with Crippen molar-refractivity contribution in [3.05, 3.63) is 18.2 Å². The molecular formula is C12H22ClN3O. The number of hydrogen-bond donors (Lipinski definition) is 2. The van der Waals surface area contributed by atoms with E-state index in [0.29, 0.717) is 12.1 Å². The zero-order valence-corrected chi connectivity index (χ0v) is 11.1. The van der Waals surface area contributed by atoms with E-state index in [-0.39, 0.29) is 12.4 Å². The van der Waals surface area contributed by atoms with Gasteiger partial charge in [0.2, 0.25) is 0 Å². The molecule has 2 atom stereocenters. The lowest BCUT2D eigenvalue weighted by Gasteiger charge is -2.24. The molecule has 1 aliphatic rings. The molecule has 1 heterocycles. The van der Waals surface area contributed by atoms with Crippen LogP contribution in [0.1, 0.15) is 37.9 Å². The normalized spacial score (nSPS) is 25.0. The Kier molecular flexibility index (Phi) is 6.55. The van der Waals surface area contributed by atoms with Crippen molar-refractivity contribution in [3.63, 3.8) is 0 Å². The minimum Gasteiger partial charge on any atom is -0.380 e. The molecular weight excluding hydrogens is 238 g/mol. The van der Waals surface area contributed by atoms with Gasteiger partial charge in [0.1, 0.15) is 5.82 Å². The standard InChI is InChI=1S/C12H21N3O.ClH/c1-16-11-6-4-2-3-5-10(11)15-9-12-13-7-8-14-12;/h7-8,10-11,15H,2-6,9H2,1H3,(H,13,14);1H. The molecule has 0 spiro atoms. The molecule has 0 radical (unpaired) electrons. The Labute approximate surface area is 109 Å². The van der Waals surface area contributed by atoms with Gasteiger partial charge in [-0.2, -0.15) is 0 Å². The highest BCUT2D eigenvalue weighted by Gasteiger charge is 2.22. The van der Waals surface area contributed by atoms with Gasteiger partial charge >= 0.3 is 0 Å². The summed E-state index contributed by atoms with van der Waals surface area (Å²) in [5.41, 5.74) is 0. The Balaban J connectivity index is 0.00000144. The van der Waals surface area contributed by atoms with Gasteiger partial charge < -0.3 is 15.0 Å². The summed E-state index contributed by atoms with van der Waals surface area (Å²) >= 11 is 0. The third-order valence-electron chi connectivity index (χ3n) is 3.34. The summed E-state index contributed by atoms with van der Waals surface area (Å²) in [6, 6.07) is 0.470. The van der Waals surface area contributed by atoms with Crippen LogP contribution < -0.4 is 5.32 Å². The molecule has 4 nitrogen and oxygen atoms in total. The average Bonchev–Trinajstić information content (AvgIpc) is 2.71. The number of imidazole rings is 1. The Bertz CT molecular complexity index is 292. The van der Waals surface area contributed by atoms with Crippen molar-refractivity contribution in [1.29, 1.82) is 0 Å². The summed E-state index contributed by atoms with van der Waals surface area (Å²) in [6.45, 7) is 0.803. The predicted octanol–water partition coefficient (Wildman–Crippen LogP) is 2.27. The molecule has 98 valence electrons. The van der Waals surface area contributed by atoms with Crippen LogP contribution in [0.15, 0.2) is 12.4 Å². The number of H-pyrrole nitrogens is 1. The minimum atomic E-state index is 0. The maximum absolute atomic E-state index is 5.56. The van der Waals surface area contributed by atoms with Gasteiger partial charge in [0.25, 0.3) is 0 Å². The maximum Gasteiger partial charge on any atom is 0.120 e. The second kappa shape index (κ2) is 7.69. The number of ether oxygens (including phenoxy) is 1. The highest BCUT2D eigenvalue weighted by atomic mass is 35.5. The largest absolute Gasteiger partial charge is 0.380 e. The number of nitrogens with zero attached hydrogens (tertiary/aromatic N) is 1. The van der Waals surface area contributed by atoms with Crippen LogP contribution in [-0.4, -0.2) is 29.2 Å². The van der Waals surface area contributed by atoms with Crippen molar-refractivity contribution < 1.29 is 4.74 Å². The molecule has 0 amide bonds. The Morgan fingerprint density at radius 1 is 1.41 bits per heavy atom. The van der Waals surface area contributed by atoms with Gasteiger partial charge in [0, 0.05) is 25.5 Å². The highest BCUT2D eigenvalue weighted by Crippen LogP contribution is 2.20. The molecule has 1 fully saturated rings. The van der Waals surface area contributed by atoms with Crippen molar-refractivity contribution in [3.8, 4) is 0 Å². The van der Waals surface area contributed by atoms with Gasteiger partial charge in [-0.3, -0.25) is 0 Å². The summed E-state index contributed by atoms with van der Waals surface area (Å²) in [5, 5.41) is 3.55. The second-order valence-electron chi connectivity index (χ2n) is 4.44. The zero-order chi connectivity index (χ0) is 11.2. The van der Waals surface area contributed by atoms with E-state index in [1.165, 1.54) is 32.1 Å². The number of aromatic nitrogens is 2.